The van der Waals surface area contributed by atoms with Crippen LogP contribution in [0, 0.1) is 0 Å². The first kappa shape index (κ1) is 68.1. The fourth-order valence-electron chi connectivity index (χ4n) is 8.85. The summed E-state index contributed by atoms with van der Waals surface area (Å²) in [5.41, 5.74) is 0. The van der Waals surface area contributed by atoms with Gasteiger partial charge in [-0.15, -0.1) is 0 Å². The lowest BCUT2D eigenvalue weighted by atomic mass is 10.0. The first-order valence-corrected chi connectivity index (χ1v) is 30.6. The van der Waals surface area contributed by atoms with Crippen LogP contribution in [-0.2, 0) is 19.1 Å². The molecule has 1 unspecified atom stereocenters. The molecule has 0 aliphatic carbocycles. The van der Waals surface area contributed by atoms with Crippen LogP contribution in [0.1, 0.15) is 303 Å². The minimum absolute atomic E-state index is 0.0717. The number of carbonyl (C=O) groups is 2. The van der Waals surface area contributed by atoms with Crippen LogP contribution in [0.15, 0.2) is 85.1 Å². The summed E-state index contributed by atoms with van der Waals surface area (Å²) in [6, 6.07) is 0. The molecular formula is C66H116O5. The van der Waals surface area contributed by atoms with Gasteiger partial charge in [-0.1, -0.05) is 285 Å². The van der Waals surface area contributed by atoms with Gasteiger partial charge in [0.15, 0.2) is 6.10 Å². The Bertz CT molecular complexity index is 1300. The van der Waals surface area contributed by atoms with E-state index in [1.165, 1.54) is 193 Å². The largest absolute Gasteiger partial charge is 0.462 e. The summed E-state index contributed by atoms with van der Waals surface area (Å²) in [6.45, 7) is 4.02. The van der Waals surface area contributed by atoms with Gasteiger partial charge in [0.1, 0.15) is 6.61 Å². The van der Waals surface area contributed by atoms with Crippen LogP contribution in [0.2, 0.25) is 0 Å². The highest BCUT2D eigenvalue weighted by atomic mass is 16.6. The zero-order chi connectivity index (χ0) is 51.3. The molecular weight excluding hydrogens is 873 g/mol. The molecule has 0 rings (SSSR count). The second-order valence-corrected chi connectivity index (χ2v) is 20.4. The third-order valence-corrected chi connectivity index (χ3v) is 13.4. The van der Waals surface area contributed by atoms with Crippen LogP contribution >= 0.6 is 0 Å². The smallest absolute Gasteiger partial charge is 0.306 e. The Morgan fingerprint density at radius 3 is 0.915 bits per heavy atom. The van der Waals surface area contributed by atoms with E-state index in [-0.39, 0.29) is 25.2 Å². The van der Waals surface area contributed by atoms with Gasteiger partial charge >= 0.3 is 11.9 Å². The SMILES string of the molecule is CC/C=C\C/C=C\C/C=C\C/C=C\C/C=C\CCCCCCCCCCCCCCCCCCCCCCCCCCCC(=O)OC(CO)COC(=O)CCCCCCC/C=C\C/C=C\CCCCCC. The zero-order valence-corrected chi connectivity index (χ0v) is 47.0. The highest BCUT2D eigenvalue weighted by molar-refractivity contribution is 5.70. The van der Waals surface area contributed by atoms with Gasteiger partial charge in [0.2, 0.25) is 0 Å². The van der Waals surface area contributed by atoms with E-state index in [2.05, 4.69) is 98.9 Å². The van der Waals surface area contributed by atoms with Gasteiger partial charge in [0.25, 0.3) is 0 Å². The number of esters is 2. The van der Waals surface area contributed by atoms with Crippen molar-refractivity contribution < 1.29 is 24.2 Å². The third kappa shape index (κ3) is 59.5. The Balaban J connectivity index is 3.41. The summed E-state index contributed by atoms with van der Waals surface area (Å²) in [5, 5.41) is 9.64. The average molecular weight is 990 g/mol. The van der Waals surface area contributed by atoms with Gasteiger partial charge in [-0.25, -0.2) is 0 Å². The fraction of sp³-hybridized carbons (Fsp3) is 0.758. The molecule has 1 N–H and O–H groups in total. The van der Waals surface area contributed by atoms with Crippen LogP contribution in [0.3, 0.4) is 0 Å². The van der Waals surface area contributed by atoms with Crippen LogP contribution in [0.5, 0.6) is 0 Å². The van der Waals surface area contributed by atoms with E-state index in [0.717, 1.165) is 83.5 Å². The van der Waals surface area contributed by atoms with Crippen LogP contribution < -0.4 is 0 Å². The molecule has 0 heterocycles. The Morgan fingerprint density at radius 2 is 0.606 bits per heavy atom. The molecule has 0 amide bonds. The van der Waals surface area contributed by atoms with Crippen LogP contribution in [0.25, 0.3) is 0 Å². The van der Waals surface area contributed by atoms with E-state index in [1.807, 2.05) is 0 Å². The van der Waals surface area contributed by atoms with Crippen molar-refractivity contribution in [3.05, 3.63) is 85.1 Å². The maximum Gasteiger partial charge on any atom is 0.306 e. The summed E-state index contributed by atoms with van der Waals surface area (Å²) in [7, 11) is 0. The second kappa shape index (κ2) is 61.4. The maximum absolute atomic E-state index is 12.3. The maximum atomic E-state index is 12.3. The van der Waals surface area contributed by atoms with Crippen LogP contribution in [0.4, 0.5) is 0 Å². The second-order valence-electron chi connectivity index (χ2n) is 20.4. The van der Waals surface area contributed by atoms with E-state index in [0.29, 0.717) is 12.8 Å². The molecule has 1 atom stereocenters. The lowest BCUT2D eigenvalue weighted by Crippen LogP contribution is -2.28. The fourth-order valence-corrected chi connectivity index (χ4v) is 8.85. The van der Waals surface area contributed by atoms with E-state index < -0.39 is 6.10 Å². The summed E-state index contributed by atoms with van der Waals surface area (Å²) >= 11 is 0. The van der Waals surface area contributed by atoms with E-state index >= 15 is 0 Å². The predicted octanol–water partition coefficient (Wildman–Crippen LogP) is 20.9. The molecule has 0 fully saturated rings. The predicted molar refractivity (Wildman–Crippen MR) is 311 cm³/mol. The van der Waals surface area contributed by atoms with Gasteiger partial charge in [0, 0.05) is 12.8 Å². The number of hydrogen-bond donors (Lipinski definition) is 1. The van der Waals surface area contributed by atoms with Crippen molar-refractivity contribution in [1.82, 2.24) is 0 Å². The lowest BCUT2D eigenvalue weighted by Gasteiger charge is -2.15. The normalized spacial score (nSPS) is 12.8. The molecule has 5 nitrogen and oxygen atoms in total. The van der Waals surface area contributed by atoms with Gasteiger partial charge in [-0.2, -0.15) is 0 Å². The van der Waals surface area contributed by atoms with E-state index in [4.69, 9.17) is 9.47 Å². The number of allylic oxidation sites excluding steroid dienone is 14. The summed E-state index contributed by atoms with van der Waals surface area (Å²) in [5.74, 6) is -0.596. The number of rotatable bonds is 56. The van der Waals surface area contributed by atoms with Crippen molar-refractivity contribution in [3.8, 4) is 0 Å². The van der Waals surface area contributed by atoms with Gasteiger partial charge in [-0.3, -0.25) is 9.59 Å². The summed E-state index contributed by atoms with van der Waals surface area (Å²) in [6.07, 6.45) is 85.9. The molecule has 0 bridgehead atoms. The Labute approximate surface area is 441 Å². The number of ether oxygens (including phenoxy) is 2. The molecule has 410 valence electrons. The number of hydrogen-bond acceptors (Lipinski definition) is 5. The van der Waals surface area contributed by atoms with Gasteiger partial charge in [0.05, 0.1) is 6.61 Å². The van der Waals surface area contributed by atoms with Crippen molar-refractivity contribution in [2.75, 3.05) is 13.2 Å². The molecule has 0 aromatic rings. The molecule has 71 heavy (non-hydrogen) atoms. The number of aliphatic hydroxyl groups is 1. The monoisotopic (exact) mass is 989 g/mol. The number of carbonyl (C=O) groups excluding carboxylic acids is 2. The van der Waals surface area contributed by atoms with Crippen molar-refractivity contribution in [1.29, 1.82) is 0 Å². The molecule has 0 aliphatic heterocycles. The first-order valence-electron chi connectivity index (χ1n) is 30.6. The molecule has 0 saturated carbocycles. The number of aliphatic hydroxyl groups excluding tert-OH is 1. The quantitative estimate of drug-likeness (QED) is 0.0373. The average Bonchev–Trinajstić information content (AvgIpc) is 3.37. The molecule has 5 heteroatoms. The standard InChI is InChI=1S/C66H116O5/c1-3-5-7-9-11-13-15-17-19-21-22-23-24-25-26-27-28-29-30-31-32-33-34-35-36-37-38-39-40-41-42-43-44-45-47-49-51-53-55-57-59-61-66(69)71-64(62-67)63-70-65(68)60-58-56-54-52-50-48-46-20-18-16-14-12-10-8-6-4-2/h5,7,11,13-14,16-17,19-20,22-23,25-26,46,64,67H,3-4,6,8-10,12,15,18,21,24,27-45,47-63H2,1-2H3/b7-5-,13-11-,16-14-,19-17-,23-22-,26-25-,46-20-. The van der Waals surface area contributed by atoms with Crippen molar-refractivity contribution in [2.24, 2.45) is 0 Å². The minimum atomic E-state index is -0.778. The van der Waals surface area contributed by atoms with Crippen molar-refractivity contribution in [2.45, 2.75) is 309 Å². The zero-order valence-electron chi connectivity index (χ0n) is 47.0. The first-order chi connectivity index (χ1) is 35.1. The molecule has 0 saturated heterocycles. The Morgan fingerprint density at radius 1 is 0.338 bits per heavy atom. The topological polar surface area (TPSA) is 72.8 Å². The summed E-state index contributed by atoms with van der Waals surface area (Å²) in [4.78, 5) is 24.5. The molecule has 0 aromatic heterocycles. The van der Waals surface area contributed by atoms with Gasteiger partial charge in [-0.05, 0) is 89.9 Å². The van der Waals surface area contributed by atoms with Crippen molar-refractivity contribution in [3.63, 3.8) is 0 Å². The minimum Gasteiger partial charge on any atom is -0.462 e. The van der Waals surface area contributed by atoms with Crippen LogP contribution in [-0.4, -0.2) is 36.4 Å². The number of unbranched alkanes of at least 4 members (excludes halogenated alkanes) is 34. The van der Waals surface area contributed by atoms with Crippen molar-refractivity contribution >= 4 is 11.9 Å². The Hall–Kier alpha value is -2.92. The highest BCUT2D eigenvalue weighted by Crippen LogP contribution is 2.17. The molecule has 0 spiro atoms. The lowest BCUT2D eigenvalue weighted by molar-refractivity contribution is -0.161. The molecule has 0 radical (unpaired) electrons. The third-order valence-electron chi connectivity index (χ3n) is 13.4. The molecule has 0 aromatic carbocycles. The van der Waals surface area contributed by atoms with E-state index in [9.17, 15) is 14.7 Å². The summed E-state index contributed by atoms with van der Waals surface area (Å²) < 4.78 is 10.7. The van der Waals surface area contributed by atoms with E-state index in [1.54, 1.807) is 0 Å². The molecule has 0 aliphatic rings. The highest BCUT2D eigenvalue weighted by Gasteiger charge is 2.16. The van der Waals surface area contributed by atoms with Gasteiger partial charge < -0.3 is 14.6 Å². The Kier molecular flexibility index (Phi) is 58.9.